The van der Waals surface area contributed by atoms with Crippen LogP contribution in [0.2, 0.25) is 0 Å². The Kier molecular flexibility index (Phi) is 2.96. The number of nitrogens with one attached hydrogen (secondary N) is 1. The normalized spacial score (nSPS) is 20.5. The lowest BCUT2D eigenvalue weighted by atomic mass is 10.0. The molecule has 0 amide bonds. The van der Waals surface area contributed by atoms with E-state index in [9.17, 15) is 10.1 Å². The van der Waals surface area contributed by atoms with Crippen molar-refractivity contribution in [1.29, 1.82) is 0 Å². The van der Waals surface area contributed by atoms with Crippen molar-refractivity contribution in [3.05, 3.63) is 31.9 Å². The van der Waals surface area contributed by atoms with Crippen LogP contribution in [0.4, 0.5) is 11.4 Å². The van der Waals surface area contributed by atoms with Gasteiger partial charge in [-0.2, -0.15) is 0 Å². The summed E-state index contributed by atoms with van der Waals surface area (Å²) in [4.78, 5) is 10.4. The second kappa shape index (κ2) is 4.36. The minimum Gasteiger partial charge on any atom is -0.384 e. The Bertz CT molecular complexity index is 496. The van der Waals surface area contributed by atoms with Crippen molar-refractivity contribution >= 4 is 34.0 Å². The maximum absolute atomic E-state index is 10.7. The van der Waals surface area contributed by atoms with E-state index >= 15 is 0 Å². The zero-order valence-electron chi connectivity index (χ0n) is 9.99. The van der Waals surface area contributed by atoms with Crippen LogP contribution < -0.4 is 5.32 Å². The molecule has 0 saturated heterocycles. The van der Waals surface area contributed by atoms with Gasteiger partial charge in [0.1, 0.15) is 0 Å². The van der Waals surface area contributed by atoms with Crippen LogP contribution in [0.1, 0.15) is 25.7 Å². The van der Waals surface area contributed by atoms with E-state index in [1.54, 1.807) is 6.07 Å². The molecule has 18 heavy (non-hydrogen) atoms. The second-order valence-corrected chi connectivity index (χ2v) is 6.58. The highest BCUT2D eigenvalue weighted by molar-refractivity contribution is 14.1. The average Bonchev–Trinajstić information content (AvgIpc) is 3.17. The first-order chi connectivity index (χ1) is 8.61. The van der Waals surface area contributed by atoms with Crippen LogP contribution in [-0.2, 0) is 0 Å². The summed E-state index contributed by atoms with van der Waals surface area (Å²) in [5.41, 5.74) is 1.73. The van der Waals surface area contributed by atoms with E-state index < -0.39 is 0 Å². The molecule has 2 aliphatic rings. The molecule has 0 aromatic heterocycles. The first-order valence-electron chi connectivity index (χ1n) is 6.29. The minimum absolute atomic E-state index is 0.185. The Hall–Kier alpha value is -0.850. The molecule has 2 fully saturated rings. The molecule has 0 heterocycles. The predicted molar refractivity (Wildman–Crippen MR) is 78.7 cm³/mol. The van der Waals surface area contributed by atoms with Crippen LogP contribution >= 0.6 is 22.6 Å². The molecule has 3 rings (SSSR count). The Morgan fingerprint density at radius 3 is 2.67 bits per heavy atom. The number of nitrogens with zero attached hydrogens (tertiary/aromatic N) is 1. The molecule has 1 N–H and O–H groups in total. The summed E-state index contributed by atoms with van der Waals surface area (Å²) < 4.78 is 0.693. The highest BCUT2D eigenvalue weighted by atomic mass is 127. The van der Waals surface area contributed by atoms with Gasteiger partial charge in [-0.15, -0.1) is 0 Å². The Morgan fingerprint density at radius 1 is 1.44 bits per heavy atom. The maximum atomic E-state index is 10.7. The van der Waals surface area contributed by atoms with E-state index in [2.05, 4.69) is 5.32 Å². The van der Waals surface area contributed by atoms with E-state index in [1.165, 1.54) is 25.7 Å². The van der Waals surface area contributed by atoms with Crippen molar-refractivity contribution < 1.29 is 4.92 Å². The number of benzene rings is 1. The fourth-order valence-corrected chi connectivity index (χ4v) is 3.34. The van der Waals surface area contributed by atoms with Gasteiger partial charge in [-0.3, -0.25) is 10.1 Å². The molecular formula is C13H15IN2O2. The SMILES string of the molecule is O=[N+]([O-])c1ccc(NCC2(C3CC3)CC2)cc1I. The van der Waals surface area contributed by atoms with Crippen LogP contribution in [0.25, 0.3) is 0 Å². The van der Waals surface area contributed by atoms with Gasteiger partial charge in [-0.1, -0.05) is 0 Å². The molecule has 2 aliphatic carbocycles. The quantitative estimate of drug-likeness (QED) is 0.495. The number of rotatable bonds is 5. The third-order valence-corrected chi connectivity index (χ3v) is 4.99. The molecule has 0 aliphatic heterocycles. The second-order valence-electron chi connectivity index (χ2n) is 5.41. The lowest BCUT2D eigenvalue weighted by Gasteiger charge is -2.16. The molecular weight excluding hydrogens is 343 g/mol. The topological polar surface area (TPSA) is 55.2 Å². The summed E-state index contributed by atoms with van der Waals surface area (Å²) in [6.45, 7) is 1.02. The van der Waals surface area contributed by atoms with Gasteiger partial charge in [0.15, 0.2) is 0 Å². The Balaban J connectivity index is 1.66. The zero-order chi connectivity index (χ0) is 12.8. The van der Waals surface area contributed by atoms with Crippen molar-refractivity contribution in [2.24, 2.45) is 11.3 Å². The summed E-state index contributed by atoms with van der Waals surface area (Å²) in [5.74, 6) is 0.933. The Labute approximate surface area is 119 Å². The van der Waals surface area contributed by atoms with Crippen molar-refractivity contribution in [1.82, 2.24) is 0 Å². The molecule has 96 valence electrons. The van der Waals surface area contributed by atoms with Gasteiger partial charge in [0.05, 0.1) is 8.49 Å². The minimum atomic E-state index is -0.335. The van der Waals surface area contributed by atoms with Crippen molar-refractivity contribution in [3.8, 4) is 0 Å². The predicted octanol–water partition coefficient (Wildman–Crippen LogP) is 3.80. The molecule has 1 aromatic rings. The number of hydrogen-bond donors (Lipinski definition) is 1. The molecule has 2 saturated carbocycles. The zero-order valence-corrected chi connectivity index (χ0v) is 12.1. The molecule has 0 unspecified atom stereocenters. The summed E-state index contributed by atoms with van der Waals surface area (Å²) in [7, 11) is 0. The lowest BCUT2D eigenvalue weighted by molar-refractivity contribution is -0.385. The van der Waals surface area contributed by atoms with E-state index in [-0.39, 0.29) is 10.6 Å². The van der Waals surface area contributed by atoms with Crippen molar-refractivity contribution in [2.75, 3.05) is 11.9 Å². The molecule has 5 heteroatoms. The molecule has 1 aromatic carbocycles. The summed E-state index contributed by atoms with van der Waals surface area (Å²) in [6, 6.07) is 5.26. The van der Waals surface area contributed by atoms with E-state index in [1.807, 2.05) is 34.7 Å². The summed E-state index contributed by atoms with van der Waals surface area (Å²) in [6.07, 6.45) is 5.46. The number of anilines is 1. The molecule has 4 nitrogen and oxygen atoms in total. The van der Waals surface area contributed by atoms with Gasteiger partial charge in [0, 0.05) is 18.3 Å². The van der Waals surface area contributed by atoms with Crippen LogP contribution in [0, 0.1) is 25.0 Å². The van der Waals surface area contributed by atoms with Crippen molar-refractivity contribution in [3.63, 3.8) is 0 Å². The average molecular weight is 358 g/mol. The van der Waals surface area contributed by atoms with Gasteiger partial charge in [0.25, 0.3) is 5.69 Å². The first kappa shape index (κ1) is 12.2. The number of nitro groups is 1. The first-order valence-corrected chi connectivity index (χ1v) is 7.36. The van der Waals surface area contributed by atoms with E-state index in [0.29, 0.717) is 8.99 Å². The van der Waals surface area contributed by atoms with Crippen LogP contribution in [0.5, 0.6) is 0 Å². The van der Waals surface area contributed by atoms with Gasteiger partial charge < -0.3 is 5.32 Å². The van der Waals surface area contributed by atoms with Gasteiger partial charge in [0.2, 0.25) is 0 Å². The standard InChI is InChI=1S/C13H15IN2O2/c14-11-7-10(3-4-12(11)16(17)18)15-8-13(5-6-13)9-1-2-9/h3-4,7,9,15H,1-2,5-6,8H2. The fourth-order valence-electron chi connectivity index (χ4n) is 2.63. The van der Waals surface area contributed by atoms with E-state index in [4.69, 9.17) is 0 Å². The van der Waals surface area contributed by atoms with Crippen LogP contribution in [0.3, 0.4) is 0 Å². The molecule has 0 atom stereocenters. The molecule has 0 bridgehead atoms. The molecule has 0 spiro atoms. The van der Waals surface area contributed by atoms with Crippen LogP contribution in [-0.4, -0.2) is 11.5 Å². The van der Waals surface area contributed by atoms with Crippen molar-refractivity contribution in [2.45, 2.75) is 25.7 Å². The third kappa shape index (κ3) is 2.32. The van der Waals surface area contributed by atoms with Gasteiger partial charge in [-0.25, -0.2) is 0 Å². The highest BCUT2D eigenvalue weighted by Gasteiger charge is 2.53. The number of nitro benzene ring substituents is 1. The van der Waals surface area contributed by atoms with Gasteiger partial charge >= 0.3 is 0 Å². The van der Waals surface area contributed by atoms with Gasteiger partial charge in [-0.05, 0) is 71.7 Å². The maximum Gasteiger partial charge on any atom is 0.282 e. The van der Waals surface area contributed by atoms with Crippen LogP contribution in [0.15, 0.2) is 18.2 Å². The molecule has 0 radical (unpaired) electrons. The number of hydrogen-bond acceptors (Lipinski definition) is 3. The van der Waals surface area contributed by atoms with E-state index in [0.717, 1.165) is 18.2 Å². The third-order valence-electron chi connectivity index (χ3n) is 4.12. The Morgan fingerprint density at radius 2 is 2.17 bits per heavy atom. The fraction of sp³-hybridized carbons (Fsp3) is 0.538. The lowest BCUT2D eigenvalue weighted by Crippen LogP contribution is -2.17. The number of halogens is 1. The largest absolute Gasteiger partial charge is 0.384 e. The summed E-state index contributed by atoms with van der Waals surface area (Å²) >= 11 is 2.02. The smallest absolute Gasteiger partial charge is 0.282 e. The highest BCUT2D eigenvalue weighted by Crippen LogP contribution is 2.61. The summed E-state index contributed by atoms with van der Waals surface area (Å²) in [5, 5.41) is 14.2. The monoisotopic (exact) mass is 358 g/mol.